The van der Waals surface area contributed by atoms with Crippen molar-refractivity contribution in [2.75, 3.05) is 5.73 Å². The topological polar surface area (TPSA) is 26.0 Å². The van der Waals surface area contributed by atoms with Crippen molar-refractivity contribution >= 4 is 30.5 Å². The molecule has 0 aliphatic carbocycles. The summed E-state index contributed by atoms with van der Waals surface area (Å²) in [5.74, 6) is 0. The number of anilines is 1. The van der Waals surface area contributed by atoms with Crippen molar-refractivity contribution in [2.45, 2.75) is 0 Å². The largest absolute Gasteiger partial charge is 0.399 e. The van der Waals surface area contributed by atoms with Crippen LogP contribution in [0.25, 0.3) is 0 Å². The Labute approximate surface area is 67.1 Å². The quantitative estimate of drug-likeness (QED) is 0.587. The molecule has 0 radical (unpaired) electrons. The molecule has 0 atom stereocenters. The van der Waals surface area contributed by atoms with Crippen molar-refractivity contribution in [3.63, 3.8) is 0 Å². The van der Waals surface area contributed by atoms with Gasteiger partial charge in [0, 0.05) is 5.69 Å². The standard InChI is InChI=1S/C6H7N.2ClH/c7-6-4-2-1-3-5-6;;/h1-5H,7H2;2*1H. The molecule has 1 aromatic rings. The second kappa shape index (κ2) is 5.73. The van der Waals surface area contributed by atoms with E-state index in [4.69, 9.17) is 5.73 Å². The second-order valence-corrected chi connectivity index (χ2v) is 1.41. The highest BCUT2D eigenvalue weighted by Gasteiger charge is 1.72. The number of benzene rings is 1. The number of nitrogen functional groups attached to an aromatic ring is 1. The van der Waals surface area contributed by atoms with Gasteiger partial charge in [-0.15, -0.1) is 24.8 Å². The minimum absolute atomic E-state index is 0. The maximum absolute atomic E-state index is 5.36. The van der Waals surface area contributed by atoms with Crippen molar-refractivity contribution in [2.24, 2.45) is 0 Å². The van der Waals surface area contributed by atoms with Gasteiger partial charge in [-0.05, 0) is 12.1 Å². The summed E-state index contributed by atoms with van der Waals surface area (Å²) in [6.45, 7) is 0. The van der Waals surface area contributed by atoms with Gasteiger partial charge in [-0.25, -0.2) is 0 Å². The molecular formula is C6H9Cl2N. The van der Waals surface area contributed by atoms with Crippen LogP contribution in [0.15, 0.2) is 30.3 Å². The number of hydrogen-bond acceptors (Lipinski definition) is 1. The van der Waals surface area contributed by atoms with E-state index in [9.17, 15) is 0 Å². The fourth-order valence-electron chi connectivity index (χ4n) is 0.453. The first-order valence-electron chi connectivity index (χ1n) is 2.20. The minimum atomic E-state index is 0. The van der Waals surface area contributed by atoms with E-state index in [0.717, 1.165) is 5.69 Å². The third kappa shape index (κ3) is 4.13. The highest BCUT2D eigenvalue weighted by atomic mass is 35.5. The van der Waals surface area contributed by atoms with Crippen LogP contribution in [0.4, 0.5) is 5.69 Å². The molecular weight excluding hydrogens is 157 g/mol. The van der Waals surface area contributed by atoms with Crippen molar-refractivity contribution < 1.29 is 0 Å². The van der Waals surface area contributed by atoms with Crippen molar-refractivity contribution in [3.8, 4) is 0 Å². The van der Waals surface area contributed by atoms with Crippen LogP contribution in [0.5, 0.6) is 0 Å². The lowest BCUT2D eigenvalue weighted by Gasteiger charge is -1.83. The summed E-state index contributed by atoms with van der Waals surface area (Å²) in [5, 5.41) is 0. The first-order chi connectivity index (χ1) is 3.39. The summed E-state index contributed by atoms with van der Waals surface area (Å²) in [5.41, 5.74) is 6.18. The van der Waals surface area contributed by atoms with Crippen LogP contribution < -0.4 is 5.73 Å². The molecule has 3 heteroatoms. The number of nitrogens with two attached hydrogens (primary N) is 1. The predicted molar refractivity (Wildman–Crippen MR) is 45.4 cm³/mol. The Morgan fingerprint density at radius 2 is 1.33 bits per heavy atom. The maximum atomic E-state index is 5.36. The molecule has 52 valence electrons. The summed E-state index contributed by atoms with van der Waals surface area (Å²) in [6, 6.07) is 9.49. The Morgan fingerprint density at radius 3 is 1.56 bits per heavy atom. The van der Waals surface area contributed by atoms with Crippen molar-refractivity contribution in [1.82, 2.24) is 0 Å². The summed E-state index contributed by atoms with van der Waals surface area (Å²) in [4.78, 5) is 0. The van der Waals surface area contributed by atoms with Gasteiger partial charge in [-0.1, -0.05) is 18.2 Å². The van der Waals surface area contributed by atoms with Crippen molar-refractivity contribution in [1.29, 1.82) is 0 Å². The molecule has 0 amide bonds. The first-order valence-corrected chi connectivity index (χ1v) is 2.20. The molecule has 1 aromatic carbocycles. The molecule has 0 heterocycles. The van der Waals surface area contributed by atoms with Crippen LogP contribution in [0, 0.1) is 0 Å². The van der Waals surface area contributed by atoms with E-state index in [1.165, 1.54) is 0 Å². The summed E-state index contributed by atoms with van der Waals surface area (Å²) >= 11 is 0. The van der Waals surface area contributed by atoms with Gasteiger partial charge in [-0.2, -0.15) is 0 Å². The Bertz CT molecular complexity index is 141. The smallest absolute Gasteiger partial charge is 0.0313 e. The van der Waals surface area contributed by atoms with E-state index in [1.54, 1.807) is 0 Å². The van der Waals surface area contributed by atoms with Crippen LogP contribution in [0.3, 0.4) is 0 Å². The molecule has 1 nitrogen and oxygen atoms in total. The number of halogens is 2. The molecule has 0 unspecified atom stereocenters. The molecule has 0 spiro atoms. The molecule has 0 bridgehead atoms. The van der Waals surface area contributed by atoms with Gasteiger partial charge in [-0.3, -0.25) is 0 Å². The Balaban J connectivity index is 0. The Hall–Kier alpha value is -0.400. The van der Waals surface area contributed by atoms with Gasteiger partial charge in [0.05, 0.1) is 0 Å². The zero-order chi connectivity index (χ0) is 5.11. The summed E-state index contributed by atoms with van der Waals surface area (Å²) < 4.78 is 0. The number of rotatable bonds is 0. The van der Waals surface area contributed by atoms with Gasteiger partial charge >= 0.3 is 0 Å². The molecule has 0 aliphatic rings. The monoisotopic (exact) mass is 165 g/mol. The van der Waals surface area contributed by atoms with E-state index in [0.29, 0.717) is 0 Å². The van der Waals surface area contributed by atoms with E-state index in [2.05, 4.69) is 0 Å². The van der Waals surface area contributed by atoms with Crippen molar-refractivity contribution in [3.05, 3.63) is 30.3 Å². The van der Waals surface area contributed by atoms with E-state index in [1.807, 2.05) is 30.3 Å². The van der Waals surface area contributed by atoms with Crippen LogP contribution in [-0.4, -0.2) is 0 Å². The number of hydrogen-bond donors (Lipinski definition) is 1. The first kappa shape index (κ1) is 11.4. The molecule has 2 N–H and O–H groups in total. The molecule has 0 saturated heterocycles. The fourth-order valence-corrected chi connectivity index (χ4v) is 0.453. The average molecular weight is 166 g/mol. The molecule has 9 heavy (non-hydrogen) atoms. The van der Waals surface area contributed by atoms with E-state index < -0.39 is 0 Å². The van der Waals surface area contributed by atoms with Crippen LogP contribution >= 0.6 is 24.8 Å². The zero-order valence-electron chi connectivity index (χ0n) is 4.78. The SMILES string of the molecule is Cl.Cl.Nc1ccccc1. The van der Waals surface area contributed by atoms with Gasteiger partial charge in [0.25, 0.3) is 0 Å². The zero-order valence-corrected chi connectivity index (χ0v) is 6.41. The molecule has 0 fully saturated rings. The van der Waals surface area contributed by atoms with Gasteiger partial charge in [0.15, 0.2) is 0 Å². The highest BCUT2D eigenvalue weighted by Crippen LogP contribution is 1.95. The summed E-state index contributed by atoms with van der Waals surface area (Å²) in [6.07, 6.45) is 0. The normalized spacial score (nSPS) is 6.67. The van der Waals surface area contributed by atoms with E-state index in [-0.39, 0.29) is 24.8 Å². The van der Waals surface area contributed by atoms with Gasteiger partial charge in [0.1, 0.15) is 0 Å². The lowest BCUT2D eigenvalue weighted by atomic mass is 10.3. The molecule has 0 saturated carbocycles. The summed E-state index contributed by atoms with van der Waals surface area (Å²) in [7, 11) is 0. The second-order valence-electron chi connectivity index (χ2n) is 1.41. The average Bonchev–Trinajstić information content (AvgIpc) is 1.69. The highest BCUT2D eigenvalue weighted by molar-refractivity contribution is 5.85. The van der Waals surface area contributed by atoms with Gasteiger partial charge in [0.2, 0.25) is 0 Å². The predicted octanol–water partition coefficient (Wildman–Crippen LogP) is 2.11. The molecule has 0 aromatic heterocycles. The molecule has 0 aliphatic heterocycles. The van der Waals surface area contributed by atoms with Crippen LogP contribution in [0.1, 0.15) is 0 Å². The van der Waals surface area contributed by atoms with Crippen LogP contribution in [-0.2, 0) is 0 Å². The minimum Gasteiger partial charge on any atom is -0.399 e. The van der Waals surface area contributed by atoms with E-state index >= 15 is 0 Å². The van der Waals surface area contributed by atoms with Gasteiger partial charge < -0.3 is 5.73 Å². The Kier molecular flexibility index (Phi) is 7.26. The number of para-hydroxylation sites is 1. The lowest BCUT2D eigenvalue weighted by molar-refractivity contribution is 1.69. The molecule has 1 rings (SSSR count). The fraction of sp³-hybridized carbons (Fsp3) is 0. The lowest BCUT2D eigenvalue weighted by Crippen LogP contribution is -1.79. The Morgan fingerprint density at radius 1 is 0.889 bits per heavy atom. The third-order valence-electron chi connectivity index (χ3n) is 0.800. The third-order valence-corrected chi connectivity index (χ3v) is 0.800. The van der Waals surface area contributed by atoms with Crippen LogP contribution in [0.2, 0.25) is 0 Å². The maximum Gasteiger partial charge on any atom is 0.0313 e.